The summed E-state index contributed by atoms with van der Waals surface area (Å²) in [4.78, 5) is 6.56. The third-order valence-corrected chi connectivity index (χ3v) is 1.72. The Morgan fingerprint density at radius 2 is 2.21 bits per heavy atom. The van der Waals surface area contributed by atoms with Gasteiger partial charge >= 0.3 is 6.61 Å². The van der Waals surface area contributed by atoms with Crippen molar-refractivity contribution in [1.29, 1.82) is 0 Å². The molecule has 0 atom stereocenters. The van der Waals surface area contributed by atoms with Crippen molar-refractivity contribution in [2.45, 2.75) is 6.61 Å². The fourth-order valence-electron chi connectivity index (χ4n) is 1.14. The summed E-state index contributed by atoms with van der Waals surface area (Å²) in [5.74, 6) is -0.623. The Kier molecular flexibility index (Phi) is 1.95. The van der Waals surface area contributed by atoms with Crippen molar-refractivity contribution in [3.05, 3.63) is 18.5 Å². The van der Waals surface area contributed by atoms with E-state index in [1.165, 1.54) is 18.5 Å². The van der Waals surface area contributed by atoms with Crippen LogP contribution < -0.4 is 4.74 Å². The molecule has 74 valence electrons. The number of halogens is 2. The third kappa shape index (κ3) is 1.46. The number of aromatic amines is 1. The van der Waals surface area contributed by atoms with Crippen molar-refractivity contribution in [2.24, 2.45) is 0 Å². The van der Waals surface area contributed by atoms with Gasteiger partial charge in [0.25, 0.3) is 0 Å². The number of ether oxygens (including phenoxy) is 1. The van der Waals surface area contributed by atoms with E-state index < -0.39 is 6.61 Å². The van der Waals surface area contributed by atoms with Crippen molar-refractivity contribution in [3.8, 4) is 11.5 Å². The second-order valence-electron chi connectivity index (χ2n) is 2.62. The predicted octanol–water partition coefficient (Wildman–Crippen LogP) is 1.87. The van der Waals surface area contributed by atoms with E-state index in [9.17, 15) is 13.9 Å². The predicted molar refractivity (Wildman–Crippen MR) is 44.4 cm³/mol. The topological polar surface area (TPSA) is 58.1 Å². The fourth-order valence-corrected chi connectivity index (χ4v) is 1.14. The molecule has 0 amide bonds. The van der Waals surface area contributed by atoms with Crippen molar-refractivity contribution >= 4 is 11.0 Å². The standard InChI is InChI=1S/C8H6F2N2O2/c9-8(10)14-7-2-5-4(1-6(7)13)11-3-12-5/h1-3,8,13H,(H,11,12). The van der Waals surface area contributed by atoms with Crippen LogP contribution in [0.2, 0.25) is 0 Å². The molecule has 14 heavy (non-hydrogen) atoms. The third-order valence-electron chi connectivity index (χ3n) is 1.72. The first-order chi connectivity index (χ1) is 6.66. The van der Waals surface area contributed by atoms with Crippen LogP contribution in [0.3, 0.4) is 0 Å². The molecule has 4 nitrogen and oxygen atoms in total. The van der Waals surface area contributed by atoms with Gasteiger partial charge in [-0.2, -0.15) is 8.78 Å². The molecule has 0 aliphatic rings. The number of benzene rings is 1. The average Bonchev–Trinajstić information content (AvgIpc) is 2.51. The molecule has 1 aromatic carbocycles. The van der Waals surface area contributed by atoms with Gasteiger partial charge in [-0.05, 0) is 0 Å². The highest BCUT2D eigenvalue weighted by atomic mass is 19.3. The first kappa shape index (κ1) is 8.74. The fraction of sp³-hybridized carbons (Fsp3) is 0.125. The number of nitrogens with zero attached hydrogens (tertiary/aromatic N) is 1. The molecule has 0 aliphatic carbocycles. The number of imidazole rings is 1. The SMILES string of the molecule is Oc1cc2[nH]cnc2cc1OC(F)F. The zero-order valence-electron chi connectivity index (χ0n) is 6.87. The van der Waals surface area contributed by atoms with Crippen LogP contribution in [0.4, 0.5) is 8.78 Å². The van der Waals surface area contributed by atoms with Gasteiger partial charge in [-0.25, -0.2) is 4.98 Å². The zero-order valence-corrected chi connectivity index (χ0v) is 6.87. The lowest BCUT2D eigenvalue weighted by Gasteiger charge is -2.05. The average molecular weight is 200 g/mol. The largest absolute Gasteiger partial charge is 0.504 e. The molecule has 2 rings (SSSR count). The second kappa shape index (κ2) is 3.13. The van der Waals surface area contributed by atoms with Crippen LogP contribution in [0.1, 0.15) is 0 Å². The van der Waals surface area contributed by atoms with E-state index in [4.69, 9.17) is 0 Å². The molecule has 0 fully saturated rings. The number of alkyl halides is 2. The number of nitrogens with one attached hydrogen (secondary N) is 1. The number of H-pyrrole nitrogens is 1. The lowest BCUT2D eigenvalue weighted by Crippen LogP contribution is -2.01. The number of aromatic hydroxyl groups is 1. The van der Waals surface area contributed by atoms with Crippen molar-refractivity contribution in [1.82, 2.24) is 9.97 Å². The molecule has 0 saturated carbocycles. The maximum atomic E-state index is 11.9. The Morgan fingerprint density at radius 3 is 2.93 bits per heavy atom. The minimum Gasteiger partial charge on any atom is -0.504 e. The van der Waals surface area contributed by atoms with E-state index in [1.54, 1.807) is 0 Å². The molecule has 0 spiro atoms. The Hall–Kier alpha value is -1.85. The molecular weight excluding hydrogens is 194 g/mol. The van der Waals surface area contributed by atoms with Crippen molar-refractivity contribution < 1.29 is 18.6 Å². The molecule has 0 radical (unpaired) electrons. The van der Waals surface area contributed by atoms with Crippen LogP contribution >= 0.6 is 0 Å². The van der Waals surface area contributed by atoms with Gasteiger partial charge in [0.05, 0.1) is 17.4 Å². The van der Waals surface area contributed by atoms with Gasteiger partial charge in [-0.15, -0.1) is 0 Å². The molecule has 6 heteroatoms. The summed E-state index contributed by atoms with van der Waals surface area (Å²) in [5.41, 5.74) is 1.02. The lowest BCUT2D eigenvalue weighted by molar-refractivity contribution is -0.0511. The van der Waals surface area contributed by atoms with Gasteiger partial charge in [0, 0.05) is 12.1 Å². The highest BCUT2D eigenvalue weighted by Crippen LogP contribution is 2.30. The summed E-state index contributed by atoms with van der Waals surface area (Å²) >= 11 is 0. The number of hydrogen-bond acceptors (Lipinski definition) is 3. The van der Waals surface area contributed by atoms with Gasteiger partial charge in [0.15, 0.2) is 11.5 Å². The summed E-state index contributed by atoms with van der Waals surface area (Å²) in [6.07, 6.45) is 1.40. The number of phenols is 1. The normalized spacial score (nSPS) is 11.1. The smallest absolute Gasteiger partial charge is 0.387 e. The van der Waals surface area contributed by atoms with Gasteiger partial charge in [-0.3, -0.25) is 0 Å². The quantitative estimate of drug-likeness (QED) is 0.777. The molecule has 2 N–H and O–H groups in total. The zero-order chi connectivity index (χ0) is 10.1. The molecule has 2 aromatic rings. The maximum absolute atomic E-state index is 11.9. The van der Waals surface area contributed by atoms with Gasteiger partial charge in [-0.1, -0.05) is 0 Å². The molecule has 0 unspecified atom stereocenters. The number of phenolic OH excluding ortho intramolecular Hbond substituents is 1. The van der Waals surface area contributed by atoms with Crippen molar-refractivity contribution in [2.75, 3.05) is 0 Å². The van der Waals surface area contributed by atoms with Gasteiger partial charge in [0.1, 0.15) is 0 Å². The monoisotopic (exact) mass is 200 g/mol. The number of rotatable bonds is 2. The summed E-state index contributed by atoms with van der Waals surface area (Å²) in [6.45, 7) is -2.96. The van der Waals surface area contributed by atoms with Crippen LogP contribution in [0, 0.1) is 0 Å². The molecule has 1 aromatic heterocycles. The van der Waals surface area contributed by atoms with Crippen LogP contribution in [-0.4, -0.2) is 21.7 Å². The van der Waals surface area contributed by atoms with E-state index in [1.807, 2.05) is 0 Å². The maximum Gasteiger partial charge on any atom is 0.387 e. The van der Waals surface area contributed by atoms with E-state index in [0.717, 1.165) is 0 Å². The summed E-state index contributed by atoms with van der Waals surface area (Å²) in [6, 6.07) is 2.52. The second-order valence-corrected chi connectivity index (χ2v) is 2.62. The summed E-state index contributed by atoms with van der Waals surface area (Å²) in [7, 11) is 0. The lowest BCUT2D eigenvalue weighted by atomic mass is 10.3. The first-order valence-corrected chi connectivity index (χ1v) is 3.78. The van der Waals surface area contributed by atoms with E-state index >= 15 is 0 Å². The van der Waals surface area contributed by atoms with Crippen molar-refractivity contribution in [3.63, 3.8) is 0 Å². The minimum atomic E-state index is -2.96. The van der Waals surface area contributed by atoms with Crippen LogP contribution in [-0.2, 0) is 0 Å². The minimum absolute atomic E-state index is 0.278. The number of aromatic nitrogens is 2. The Morgan fingerprint density at radius 1 is 1.43 bits per heavy atom. The van der Waals surface area contributed by atoms with Crippen LogP contribution in [0.25, 0.3) is 11.0 Å². The highest BCUT2D eigenvalue weighted by Gasteiger charge is 2.11. The first-order valence-electron chi connectivity index (χ1n) is 3.78. The summed E-state index contributed by atoms with van der Waals surface area (Å²) < 4.78 is 27.8. The van der Waals surface area contributed by atoms with E-state index in [-0.39, 0.29) is 11.5 Å². The van der Waals surface area contributed by atoms with E-state index in [0.29, 0.717) is 11.0 Å². The molecule has 0 saturated heterocycles. The van der Waals surface area contributed by atoms with E-state index in [2.05, 4.69) is 14.7 Å². The highest BCUT2D eigenvalue weighted by molar-refractivity contribution is 5.78. The van der Waals surface area contributed by atoms with Gasteiger partial charge in [0.2, 0.25) is 0 Å². The number of fused-ring (bicyclic) bond motifs is 1. The molecular formula is C8H6F2N2O2. The van der Waals surface area contributed by atoms with Crippen LogP contribution in [0.15, 0.2) is 18.5 Å². The molecule has 0 bridgehead atoms. The molecule has 1 heterocycles. The molecule has 0 aliphatic heterocycles. The summed E-state index contributed by atoms with van der Waals surface area (Å²) in [5, 5.41) is 9.27. The Balaban J connectivity index is 2.48. The number of hydrogen-bond donors (Lipinski definition) is 2. The Labute approximate surface area is 77.1 Å². The Bertz CT molecular complexity index is 456. The van der Waals surface area contributed by atoms with Gasteiger partial charge < -0.3 is 14.8 Å². The van der Waals surface area contributed by atoms with Crippen LogP contribution in [0.5, 0.6) is 11.5 Å².